The molecular formula is C12H17BrN2O3. The van der Waals surface area contributed by atoms with Crippen molar-refractivity contribution in [2.75, 3.05) is 19.0 Å². The number of nitrogens with one attached hydrogen (secondary N) is 2. The number of benzene rings is 1. The number of ether oxygens (including phenoxy) is 1. The summed E-state index contributed by atoms with van der Waals surface area (Å²) in [6.07, 6.45) is 0.0916. The lowest BCUT2D eigenvalue weighted by Gasteiger charge is -2.12. The number of anilines is 1. The average Bonchev–Trinajstić information content (AvgIpc) is 2.28. The van der Waals surface area contributed by atoms with Gasteiger partial charge >= 0.3 is 6.03 Å². The molecule has 0 spiro atoms. The van der Waals surface area contributed by atoms with Gasteiger partial charge in [-0.15, -0.1) is 0 Å². The Labute approximate surface area is 115 Å². The van der Waals surface area contributed by atoms with E-state index in [1.165, 1.54) is 0 Å². The van der Waals surface area contributed by atoms with E-state index in [0.29, 0.717) is 24.4 Å². The second-order valence-electron chi connectivity index (χ2n) is 3.86. The SMILES string of the molecule is COc1ccc(Br)cc1NC(=O)NCCC(C)O. The van der Waals surface area contributed by atoms with Crippen molar-refractivity contribution in [1.82, 2.24) is 5.32 Å². The molecule has 0 aliphatic heterocycles. The van der Waals surface area contributed by atoms with Crippen molar-refractivity contribution in [2.45, 2.75) is 19.4 Å². The van der Waals surface area contributed by atoms with Crippen LogP contribution in [-0.2, 0) is 0 Å². The quantitative estimate of drug-likeness (QED) is 0.781. The number of hydrogen-bond acceptors (Lipinski definition) is 3. The van der Waals surface area contributed by atoms with Gasteiger partial charge in [0.05, 0.1) is 18.9 Å². The zero-order valence-electron chi connectivity index (χ0n) is 10.4. The molecule has 0 aliphatic rings. The third-order valence-corrected chi connectivity index (χ3v) is 2.75. The van der Waals surface area contributed by atoms with E-state index in [9.17, 15) is 4.79 Å². The fourth-order valence-electron chi connectivity index (χ4n) is 1.34. The number of urea groups is 1. The fourth-order valence-corrected chi connectivity index (χ4v) is 1.70. The van der Waals surface area contributed by atoms with Gasteiger partial charge in [0, 0.05) is 11.0 Å². The molecule has 0 saturated heterocycles. The zero-order chi connectivity index (χ0) is 13.5. The lowest BCUT2D eigenvalue weighted by Crippen LogP contribution is -2.31. The molecule has 1 atom stereocenters. The molecule has 0 fully saturated rings. The van der Waals surface area contributed by atoms with Crippen LogP contribution in [0.4, 0.5) is 10.5 Å². The van der Waals surface area contributed by atoms with E-state index in [1.807, 2.05) is 6.07 Å². The molecule has 1 aromatic carbocycles. The largest absolute Gasteiger partial charge is 0.495 e. The minimum Gasteiger partial charge on any atom is -0.495 e. The minimum absolute atomic E-state index is 0.327. The van der Waals surface area contributed by atoms with Crippen molar-refractivity contribution in [3.63, 3.8) is 0 Å². The third kappa shape index (κ3) is 4.93. The first-order valence-electron chi connectivity index (χ1n) is 5.59. The molecule has 1 unspecified atom stereocenters. The standard InChI is InChI=1S/C12H17BrN2O3/c1-8(16)5-6-14-12(17)15-10-7-9(13)3-4-11(10)18-2/h3-4,7-8,16H,5-6H2,1-2H3,(H2,14,15,17). The molecule has 100 valence electrons. The summed E-state index contributed by atoms with van der Waals surface area (Å²) in [5, 5.41) is 14.4. The molecule has 0 heterocycles. The molecule has 3 N–H and O–H groups in total. The van der Waals surface area contributed by atoms with Crippen LogP contribution in [0.3, 0.4) is 0 Å². The lowest BCUT2D eigenvalue weighted by atomic mass is 10.3. The van der Waals surface area contributed by atoms with Crippen LogP contribution in [-0.4, -0.2) is 30.9 Å². The van der Waals surface area contributed by atoms with Gasteiger partial charge in [0.1, 0.15) is 5.75 Å². The topological polar surface area (TPSA) is 70.6 Å². The van der Waals surface area contributed by atoms with Gasteiger partial charge in [-0.25, -0.2) is 4.79 Å². The van der Waals surface area contributed by atoms with Crippen molar-refractivity contribution < 1.29 is 14.6 Å². The van der Waals surface area contributed by atoms with E-state index in [2.05, 4.69) is 26.6 Å². The summed E-state index contributed by atoms with van der Waals surface area (Å²) < 4.78 is 5.99. The van der Waals surface area contributed by atoms with Crippen LogP contribution in [0.5, 0.6) is 5.75 Å². The number of methoxy groups -OCH3 is 1. The van der Waals surface area contributed by atoms with E-state index in [1.54, 1.807) is 26.2 Å². The summed E-state index contributed by atoms with van der Waals surface area (Å²) in [4.78, 5) is 11.6. The predicted molar refractivity (Wildman–Crippen MR) is 74.0 cm³/mol. The summed E-state index contributed by atoms with van der Waals surface area (Å²) in [5.74, 6) is 0.587. The van der Waals surface area contributed by atoms with Gasteiger partial charge in [-0.1, -0.05) is 15.9 Å². The molecule has 0 aromatic heterocycles. The second kappa shape index (κ2) is 7.23. The molecule has 6 heteroatoms. The van der Waals surface area contributed by atoms with Crippen molar-refractivity contribution in [3.05, 3.63) is 22.7 Å². The molecule has 18 heavy (non-hydrogen) atoms. The van der Waals surface area contributed by atoms with Gasteiger partial charge in [-0.3, -0.25) is 0 Å². The van der Waals surface area contributed by atoms with Crippen LogP contribution < -0.4 is 15.4 Å². The molecule has 1 rings (SSSR count). The number of aliphatic hydroxyl groups is 1. The van der Waals surface area contributed by atoms with Crippen LogP contribution in [0.2, 0.25) is 0 Å². The molecule has 2 amide bonds. The lowest BCUT2D eigenvalue weighted by molar-refractivity contribution is 0.184. The zero-order valence-corrected chi connectivity index (χ0v) is 12.0. The van der Waals surface area contributed by atoms with Crippen LogP contribution in [0, 0.1) is 0 Å². The Kier molecular flexibility index (Phi) is 5.94. The highest BCUT2D eigenvalue weighted by molar-refractivity contribution is 9.10. The van der Waals surface area contributed by atoms with Gasteiger partial charge < -0.3 is 20.5 Å². The van der Waals surface area contributed by atoms with Crippen LogP contribution in [0.1, 0.15) is 13.3 Å². The fraction of sp³-hybridized carbons (Fsp3) is 0.417. The summed E-state index contributed by atoms with van der Waals surface area (Å²) in [6, 6.07) is 5.02. The van der Waals surface area contributed by atoms with Gasteiger partial charge in [0.25, 0.3) is 0 Å². The highest BCUT2D eigenvalue weighted by atomic mass is 79.9. The van der Waals surface area contributed by atoms with Crippen LogP contribution in [0.15, 0.2) is 22.7 Å². The number of carbonyl (C=O) groups excluding carboxylic acids is 1. The number of carbonyl (C=O) groups is 1. The molecule has 0 aliphatic carbocycles. The van der Waals surface area contributed by atoms with Crippen LogP contribution in [0.25, 0.3) is 0 Å². The van der Waals surface area contributed by atoms with Crippen molar-refractivity contribution >= 4 is 27.6 Å². The Morgan fingerprint density at radius 1 is 1.56 bits per heavy atom. The number of rotatable bonds is 5. The Balaban J connectivity index is 2.55. The summed E-state index contributed by atoms with van der Waals surface area (Å²) in [5.41, 5.74) is 0.585. The highest BCUT2D eigenvalue weighted by Crippen LogP contribution is 2.27. The Morgan fingerprint density at radius 2 is 2.28 bits per heavy atom. The maximum atomic E-state index is 11.6. The number of amides is 2. The molecule has 0 saturated carbocycles. The number of hydrogen-bond donors (Lipinski definition) is 3. The third-order valence-electron chi connectivity index (χ3n) is 2.26. The molecule has 0 radical (unpaired) electrons. The molecule has 0 bridgehead atoms. The van der Waals surface area contributed by atoms with Crippen molar-refractivity contribution in [1.29, 1.82) is 0 Å². The van der Waals surface area contributed by atoms with Crippen molar-refractivity contribution in [3.8, 4) is 5.75 Å². The van der Waals surface area contributed by atoms with Gasteiger partial charge in [-0.05, 0) is 31.5 Å². The Hall–Kier alpha value is -1.27. The Morgan fingerprint density at radius 3 is 2.89 bits per heavy atom. The number of aliphatic hydroxyl groups excluding tert-OH is 1. The van der Waals surface area contributed by atoms with Crippen LogP contribution >= 0.6 is 15.9 Å². The minimum atomic E-state index is -0.425. The van der Waals surface area contributed by atoms with Crippen molar-refractivity contribution in [2.24, 2.45) is 0 Å². The maximum Gasteiger partial charge on any atom is 0.319 e. The first-order valence-corrected chi connectivity index (χ1v) is 6.38. The average molecular weight is 317 g/mol. The summed E-state index contributed by atoms with van der Waals surface area (Å²) in [7, 11) is 1.54. The van der Waals surface area contributed by atoms with E-state index in [0.717, 1.165) is 4.47 Å². The Bertz CT molecular complexity index is 410. The monoisotopic (exact) mass is 316 g/mol. The van der Waals surface area contributed by atoms with E-state index in [4.69, 9.17) is 9.84 Å². The normalized spacial score (nSPS) is 11.8. The van der Waals surface area contributed by atoms with E-state index < -0.39 is 6.10 Å². The maximum absolute atomic E-state index is 11.6. The first-order chi connectivity index (χ1) is 8.52. The molecular weight excluding hydrogens is 300 g/mol. The number of halogens is 1. The second-order valence-corrected chi connectivity index (χ2v) is 4.78. The van der Waals surface area contributed by atoms with Gasteiger partial charge in [-0.2, -0.15) is 0 Å². The summed E-state index contributed by atoms with van der Waals surface area (Å²) >= 11 is 3.33. The van der Waals surface area contributed by atoms with E-state index in [-0.39, 0.29) is 6.03 Å². The predicted octanol–water partition coefficient (Wildman–Crippen LogP) is 2.35. The molecule has 5 nitrogen and oxygen atoms in total. The smallest absolute Gasteiger partial charge is 0.319 e. The van der Waals surface area contributed by atoms with E-state index >= 15 is 0 Å². The van der Waals surface area contributed by atoms with Gasteiger partial charge in [0.15, 0.2) is 0 Å². The molecule has 1 aromatic rings. The highest BCUT2D eigenvalue weighted by Gasteiger charge is 2.07. The summed E-state index contributed by atoms with van der Waals surface area (Å²) in [6.45, 7) is 2.09. The first kappa shape index (κ1) is 14.8. The van der Waals surface area contributed by atoms with Gasteiger partial charge in [0.2, 0.25) is 0 Å².